The van der Waals surface area contributed by atoms with Gasteiger partial charge in [0.15, 0.2) is 15.0 Å². The monoisotopic (exact) mass is 431 g/mol. The van der Waals surface area contributed by atoms with E-state index in [4.69, 9.17) is 4.98 Å². The number of amides is 1. The van der Waals surface area contributed by atoms with Gasteiger partial charge in [-0.15, -0.1) is 0 Å². The second-order valence-electron chi connectivity index (χ2n) is 7.11. The zero-order valence-corrected chi connectivity index (χ0v) is 18.7. The van der Waals surface area contributed by atoms with Crippen molar-refractivity contribution < 1.29 is 13.2 Å². The van der Waals surface area contributed by atoms with E-state index in [9.17, 15) is 13.2 Å². The fourth-order valence-electron chi connectivity index (χ4n) is 2.90. The number of rotatable bonds is 7. The molecule has 0 radical (unpaired) electrons. The van der Waals surface area contributed by atoms with Crippen LogP contribution in [0.25, 0.3) is 10.2 Å². The number of thiazole rings is 1. The SMILES string of the molecule is CCS(=O)(=O)c1ccc(C(=O)N(CCN(C)C)c2nc3c(C)cccc3s2)cc1. The van der Waals surface area contributed by atoms with Crippen molar-refractivity contribution in [2.24, 2.45) is 0 Å². The summed E-state index contributed by atoms with van der Waals surface area (Å²) >= 11 is 1.48. The Balaban J connectivity index is 1.97. The molecular weight excluding hydrogens is 406 g/mol. The van der Waals surface area contributed by atoms with Gasteiger partial charge in [0.1, 0.15) is 0 Å². The van der Waals surface area contributed by atoms with E-state index in [0.717, 1.165) is 15.8 Å². The number of nitrogens with zero attached hydrogens (tertiary/aromatic N) is 3. The largest absolute Gasteiger partial charge is 0.308 e. The van der Waals surface area contributed by atoms with Crippen LogP contribution in [0.3, 0.4) is 0 Å². The summed E-state index contributed by atoms with van der Waals surface area (Å²) in [5.74, 6) is -0.163. The Morgan fingerprint density at radius 2 is 1.76 bits per heavy atom. The van der Waals surface area contributed by atoms with Crippen LogP contribution in [-0.4, -0.2) is 57.1 Å². The van der Waals surface area contributed by atoms with Crippen molar-refractivity contribution in [2.45, 2.75) is 18.7 Å². The summed E-state index contributed by atoms with van der Waals surface area (Å²) in [6.45, 7) is 4.78. The normalized spacial score (nSPS) is 11.9. The van der Waals surface area contributed by atoms with Crippen molar-refractivity contribution >= 4 is 42.4 Å². The first-order valence-electron chi connectivity index (χ1n) is 9.38. The molecule has 0 N–H and O–H groups in total. The highest BCUT2D eigenvalue weighted by Crippen LogP contribution is 2.31. The Morgan fingerprint density at radius 1 is 1.07 bits per heavy atom. The minimum absolute atomic E-state index is 0.0281. The Labute approximate surface area is 175 Å². The van der Waals surface area contributed by atoms with Gasteiger partial charge in [0.25, 0.3) is 5.91 Å². The van der Waals surface area contributed by atoms with E-state index >= 15 is 0 Å². The van der Waals surface area contributed by atoms with E-state index in [1.165, 1.54) is 23.5 Å². The quantitative estimate of drug-likeness (QED) is 0.572. The maximum absolute atomic E-state index is 13.3. The predicted octanol–water partition coefficient (Wildman–Crippen LogP) is 3.61. The third-order valence-electron chi connectivity index (χ3n) is 4.70. The number of carbonyl (C=O) groups excluding carboxylic acids is 1. The minimum Gasteiger partial charge on any atom is -0.308 e. The predicted molar refractivity (Wildman–Crippen MR) is 119 cm³/mol. The molecule has 1 heterocycles. The first kappa shape index (κ1) is 21.4. The molecule has 2 aromatic carbocycles. The number of aromatic nitrogens is 1. The molecule has 0 aliphatic rings. The molecule has 0 saturated heterocycles. The standard InChI is InChI=1S/C21H25N3O3S2/c1-5-29(26,27)17-11-9-16(10-12-17)20(25)24(14-13-23(3)4)21-22-19-15(2)7-6-8-18(19)28-21/h6-12H,5,13-14H2,1-4H3. The summed E-state index contributed by atoms with van der Waals surface area (Å²) in [4.78, 5) is 21.9. The summed E-state index contributed by atoms with van der Waals surface area (Å²) in [6.07, 6.45) is 0. The number of likely N-dealkylation sites (N-methyl/N-ethyl adjacent to an activating group) is 1. The fourth-order valence-corrected chi connectivity index (χ4v) is 4.85. The maximum Gasteiger partial charge on any atom is 0.260 e. The van der Waals surface area contributed by atoms with E-state index < -0.39 is 9.84 Å². The summed E-state index contributed by atoms with van der Waals surface area (Å²) in [5, 5.41) is 0.645. The molecule has 8 heteroatoms. The third-order valence-corrected chi connectivity index (χ3v) is 7.49. The van der Waals surface area contributed by atoms with Crippen LogP contribution in [0.5, 0.6) is 0 Å². The smallest absolute Gasteiger partial charge is 0.260 e. The van der Waals surface area contributed by atoms with Crippen LogP contribution in [0.15, 0.2) is 47.4 Å². The van der Waals surface area contributed by atoms with Gasteiger partial charge in [-0.2, -0.15) is 0 Å². The van der Waals surface area contributed by atoms with Gasteiger partial charge in [-0.25, -0.2) is 13.4 Å². The number of hydrogen-bond acceptors (Lipinski definition) is 6. The van der Waals surface area contributed by atoms with Crippen molar-refractivity contribution in [3.8, 4) is 0 Å². The van der Waals surface area contributed by atoms with Crippen molar-refractivity contribution in [1.29, 1.82) is 0 Å². The molecule has 0 spiro atoms. The molecule has 154 valence electrons. The molecule has 0 atom stereocenters. The second kappa shape index (κ2) is 8.61. The lowest BCUT2D eigenvalue weighted by atomic mass is 10.2. The van der Waals surface area contributed by atoms with Crippen LogP contribution < -0.4 is 4.90 Å². The number of para-hydroxylation sites is 1. The van der Waals surface area contributed by atoms with Gasteiger partial charge in [-0.05, 0) is 56.9 Å². The van der Waals surface area contributed by atoms with Crippen molar-refractivity contribution in [2.75, 3.05) is 37.8 Å². The number of fused-ring (bicyclic) bond motifs is 1. The Hall–Kier alpha value is -2.29. The van der Waals surface area contributed by atoms with Crippen LogP contribution >= 0.6 is 11.3 Å². The number of aryl methyl sites for hydroxylation is 1. The Morgan fingerprint density at radius 3 is 2.34 bits per heavy atom. The number of hydrogen-bond donors (Lipinski definition) is 0. The van der Waals surface area contributed by atoms with Crippen molar-refractivity contribution in [3.05, 3.63) is 53.6 Å². The molecule has 3 aromatic rings. The molecule has 0 fully saturated rings. The average molecular weight is 432 g/mol. The van der Waals surface area contributed by atoms with E-state index in [1.54, 1.807) is 24.0 Å². The average Bonchev–Trinajstić information content (AvgIpc) is 3.13. The summed E-state index contributed by atoms with van der Waals surface area (Å²) in [7, 11) is 0.609. The van der Waals surface area contributed by atoms with Gasteiger partial charge in [0.2, 0.25) is 0 Å². The summed E-state index contributed by atoms with van der Waals surface area (Å²) in [6, 6.07) is 12.1. The lowest BCUT2D eigenvalue weighted by Crippen LogP contribution is -2.36. The van der Waals surface area contributed by atoms with Gasteiger partial charge >= 0.3 is 0 Å². The van der Waals surface area contributed by atoms with E-state index in [1.807, 2.05) is 44.1 Å². The molecule has 0 unspecified atom stereocenters. The molecule has 29 heavy (non-hydrogen) atoms. The topological polar surface area (TPSA) is 70.6 Å². The molecule has 1 aromatic heterocycles. The number of carbonyl (C=O) groups is 1. The van der Waals surface area contributed by atoms with Gasteiger partial charge < -0.3 is 4.90 Å². The summed E-state index contributed by atoms with van der Waals surface area (Å²) < 4.78 is 25.1. The molecule has 1 amide bonds. The highest BCUT2D eigenvalue weighted by molar-refractivity contribution is 7.91. The summed E-state index contributed by atoms with van der Waals surface area (Å²) in [5.41, 5.74) is 2.41. The van der Waals surface area contributed by atoms with Crippen LogP contribution in [0.2, 0.25) is 0 Å². The highest BCUT2D eigenvalue weighted by atomic mass is 32.2. The Bertz CT molecular complexity index is 1120. The van der Waals surface area contributed by atoms with Gasteiger partial charge in [-0.3, -0.25) is 9.69 Å². The van der Waals surface area contributed by atoms with Crippen LogP contribution in [0.4, 0.5) is 5.13 Å². The van der Waals surface area contributed by atoms with Gasteiger partial charge in [-0.1, -0.05) is 30.4 Å². The lowest BCUT2D eigenvalue weighted by Gasteiger charge is -2.22. The molecule has 0 bridgehead atoms. The highest BCUT2D eigenvalue weighted by Gasteiger charge is 2.22. The first-order valence-corrected chi connectivity index (χ1v) is 11.9. The fraction of sp³-hybridized carbons (Fsp3) is 0.333. The molecule has 6 nitrogen and oxygen atoms in total. The van der Waals surface area contributed by atoms with Crippen LogP contribution in [0.1, 0.15) is 22.8 Å². The van der Waals surface area contributed by atoms with E-state index in [-0.39, 0.29) is 16.6 Å². The van der Waals surface area contributed by atoms with Crippen molar-refractivity contribution in [1.82, 2.24) is 9.88 Å². The van der Waals surface area contributed by atoms with E-state index in [0.29, 0.717) is 23.8 Å². The lowest BCUT2D eigenvalue weighted by molar-refractivity contribution is 0.0985. The maximum atomic E-state index is 13.3. The van der Waals surface area contributed by atoms with Gasteiger partial charge in [0, 0.05) is 18.7 Å². The van der Waals surface area contributed by atoms with Gasteiger partial charge in [0.05, 0.1) is 20.9 Å². The third kappa shape index (κ3) is 4.66. The number of benzene rings is 2. The Kier molecular flexibility index (Phi) is 6.36. The first-order chi connectivity index (χ1) is 13.7. The number of anilines is 1. The molecule has 0 saturated carbocycles. The van der Waals surface area contributed by atoms with Crippen LogP contribution in [0, 0.1) is 6.92 Å². The minimum atomic E-state index is -3.30. The van der Waals surface area contributed by atoms with Crippen molar-refractivity contribution in [3.63, 3.8) is 0 Å². The second-order valence-corrected chi connectivity index (χ2v) is 10.4. The number of sulfone groups is 1. The molecule has 0 aliphatic carbocycles. The molecule has 0 aliphatic heterocycles. The van der Waals surface area contributed by atoms with Crippen LogP contribution in [-0.2, 0) is 9.84 Å². The van der Waals surface area contributed by atoms with E-state index in [2.05, 4.69) is 0 Å². The zero-order chi connectivity index (χ0) is 21.2. The molecule has 3 rings (SSSR count). The molecular formula is C21H25N3O3S2. The zero-order valence-electron chi connectivity index (χ0n) is 17.0.